The molecule has 0 saturated heterocycles. The molecule has 0 aliphatic heterocycles. The van der Waals surface area contributed by atoms with Gasteiger partial charge in [0.05, 0.1) is 0 Å². The van der Waals surface area contributed by atoms with E-state index in [1.165, 1.54) is 32.1 Å². The summed E-state index contributed by atoms with van der Waals surface area (Å²) in [6.45, 7) is 6.00. The normalized spacial score (nSPS) is 20.8. The summed E-state index contributed by atoms with van der Waals surface area (Å²) in [4.78, 5) is 5.25. The number of hydrogen-bond acceptors (Lipinski definition) is 2. The third kappa shape index (κ3) is 4.91. The van der Waals surface area contributed by atoms with Gasteiger partial charge in [-0.05, 0) is 33.6 Å². The van der Waals surface area contributed by atoms with Crippen LogP contribution in [0.3, 0.4) is 0 Å². The van der Waals surface area contributed by atoms with E-state index in [0.29, 0.717) is 5.92 Å². The molecule has 0 aromatic rings. The van der Waals surface area contributed by atoms with Crippen molar-refractivity contribution in [2.75, 3.05) is 0 Å². The number of hydrogen-bond donors (Lipinski definition) is 0. The van der Waals surface area contributed by atoms with Crippen molar-refractivity contribution in [1.29, 1.82) is 0 Å². The van der Waals surface area contributed by atoms with E-state index in [-0.39, 0.29) is 5.60 Å². The number of nitrogens with zero attached hydrogens (tertiary/aromatic N) is 1. The lowest BCUT2D eigenvalue weighted by Gasteiger charge is -2.18. The maximum atomic E-state index is 5.25. The van der Waals surface area contributed by atoms with E-state index in [2.05, 4.69) is 11.4 Å². The summed E-state index contributed by atoms with van der Waals surface area (Å²) < 4.78 is 0. The fraction of sp³-hybridized carbons (Fsp3) is 0.909. The van der Waals surface area contributed by atoms with Gasteiger partial charge in [0.1, 0.15) is 11.8 Å². The highest BCUT2D eigenvalue weighted by molar-refractivity contribution is 5.59. The van der Waals surface area contributed by atoms with E-state index >= 15 is 0 Å². The van der Waals surface area contributed by atoms with Crippen LogP contribution >= 0.6 is 0 Å². The average Bonchev–Trinajstić information content (AvgIpc) is 2.04. The maximum Gasteiger partial charge on any atom is 0.129 e. The average molecular weight is 182 g/mol. The minimum atomic E-state index is -0.179. The van der Waals surface area contributed by atoms with E-state index < -0.39 is 0 Å². The Morgan fingerprint density at radius 2 is 1.77 bits per heavy atom. The van der Waals surface area contributed by atoms with Gasteiger partial charge in [-0.3, -0.25) is 0 Å². The molecule has 2 heteroatoms. The van der Waals surface area contributed by atoms with Gasteiger partial charge in [0.15, 0.2) is 0 Å². The summed E-state index contributed by atoms with van der Waals surface area (Å²) in [6, 6.07) is 0. The Morgan fingerprint density at radius 1 is 1.15 bits per heavy atom. The maximum absolute atomic E-state index is 5.25. The Bertz CT molecular complexity index is 163. The zero-order valence-electron chi connectivity index (χ0n) is 8.97. The molecule has 0 heterocycles. The molecule has 0 spiro atoms. The summed E-state index contributed by atoms with van der Waals surface area (Å²) in [5.74, 6) is 0.538. The van der Waals surface area contributed by atoms with Gasteiger partial charge in [0.25, 0.3) is 0 Å². The molecule has 1 fully saturated rings. The summed E-state index contributed by atoms with van der Waals surface area (Å²) in [6.07, 6.45) is 9.56. The lowest BCUT2D eigenvalue weighted by atomic mass is 9.90. The smallest absolute Gasteiger partial charge is 0.129 e. The van der Waals surface area contributed by atoms with Gasteiger partial charge >= 0.3 is 0 Å². The first-order valence-corrected chi connectivity index (χ1v) is 5.22. The lowest BCUT2D eigenvalue weighted by molar-refractivity contribution is 0.000989. The van der Waals surface area contributed by atoms with Crippen LogP contribution in [0.1, 0.15) is 52.9 Å². The van der Waals surface area contributed by atoms with E-state index in [1.54, 1.807) is 0 Å². The van der Waals surface area contributed by atoms with Gasteiger partial charge < -0.3 is 4.84 Å². The third-order valence-electron chi connectivity index (χ3n) is 2.16. The van der Waals surface area contributed by atoms with Crippen molar-refractivity contribution in [2.24, 2.45) is 11.1 Å². The topological polar surface area (TPSA) is 21.6 Å². The molecule has 1 aliphatic carbocycles. The molecule has 0 bridgehead atoms. The molecule has 1 rings (SSSR count). The molecular weight excluding hydrogens is 162 g/mol. The molecule has 0 unspecified atom stereocenters. The zero-order chi connectivity index (χ0) is 9.73. The van der Waals surface area contributed by atoms with Crippen LogP contribution < -0.4 is 0 Å². The van der Waals surface area contributed by atoms with Crippen LogP contribution in [0.25, 0.3) is 0 Å². The summed E-state index contributed by atoms with van der Waals surface area (Å²) >= 11 is 0. The van der Waals surface area contributed by atoms with Gasteiger partial charge in [0.2, 0.25) is 0 Å². The van der Waals surface area contributed by atoms with E-state index in [1.807, 2.05) is 20.8 Å². The molecule has 0 N–H and O–H groups in total. The van der Waals surface area contributed by atoms with Crippen molar-refractivity contribution in [3.05, 3.63) is 0 Å². The van der Waals surface area contributed by atoms with Gasteiger partial charge in [-0.1, -0.05) is 24.4 Å². The SMILES string of the molecule is CC(C)(C)O/N=[C]/C1CCCCC1. The van der Waals surface area contributed by atoms with Crippen molar-refractivity contribution in [3.8, 4) is 0 Å². The number of rotatable bonds is 2. The molecule has 1 radical (unpaired) electrons. The Labute approximate surface area is 81.3 Å². The van der Waals surface area contributed by atoms with E-state index in [0.717, 1.165) is 0 Å². The Hall–Kier alpha value is -0.530. The second-order valence-electron chi connectivity index (χ2n) is 4.76. The second-order valence-corrected chi connectivity index (χ2v) is 4.76. The monoisotopic (exact) mass is 182 g/mol. The molecule has 75 valence electrons. The van der Waals surface area contributed by atoms with Crippen LogP contribution in [0.5, 0.6) is 0 Å². The Kier molecular flexibility index (Phi) is 3.76. The van der Waals surface area contributed by atoms with E-state index in [9.17, 15) is 0 Å². The molecular formula is C11H20NO. The van der Waals surface area contributed by atoms with Gasteiger partial charge in [-0.25, -0.2) is 0 Å². The van der Waals surface area contributed by atoms with Crippen molar-refractivity contribution < 1.29 is 4.84 Å². The zero-order valence-corrected chi connectivity index (χ0v) is 8.97. The van der Waals surface area contributed by atoms with Crippen molar-refractivity contribution in [2.45, 2.75) is 58.5 Å². The van der Waals surface area contributed by atoms with Crippen LogP contribution in [-0.4, -0.2) is 11.8 Å². The first kappa shape index (κ1) is 10.6. The highest BCUT2D eigenvalue weighted by atomic mass is 16.6. The minimum absolute atomic E-state index is 0.179. The standard InChI is InChI=1S/C11H20NO/c1-11(2,3)13-12-9-10-7-5-4-6-8-10/h10H,4-8H2,1-3H3. The highest BCUT2D eigenvalue weighted by Gasteiger charge is 2.13. The highest BCUT2D eigenvalue weighted by Crippen LogP contribution is 2.22. The summed E-state index contributed by atoms with van der Waals surface area (Å²) in [5.41, 5.74) is -0.179. The van der Waals surface area contributed by atoms with Crippen LogP contribution in [0.2, 0.25) is 0 Å². The summed E-state index contributed by atoms with van der Waals surface area (Å²) in [5, 5.41) is 3.92. The van der Waals surface area contributed by atoms with Gasteiger partial charge in [-0.15, -0.1) is 0 Å². The van der Waals surface area contributed by atoms with Crippen molar-refractivity contribution in [3.63, 3.8) is 0 Å². The predicted molar refractivity (Wildman–Crippen MR) is 54.8 cm³/mol. The molecule has 1 aliphatic rings. The molecule has 0 aromatic carbocycles. The van der Waals surface area contributed by atoms with E-state index in [4.69, 9.17) is 4.84 Å². The fourth-order valence-electron chi connectivity index (χ4n) is 1.47. The minimum Gasteiger partial charge on any atom is -0.390 e. The second kappa shape index (κ2) is 4.64. The Balaban J connectivity index is 2.22. The molecule has 13 heavy (non-hydrogen) atoms. The summed E-state index contributed by atoms with van der Waals surface area (Å²) in [7, 11) is 0. The fourth-order valence-corrected chi connectivity index (χ4v) is 1.47. The van der Waals surface area contributed by atoms with Crippen molar-refractivity contribution in [1.82, 2.24) is 0 Å². The molecule has 0 aromatic heterocycles. The van der Waals surface area contributed by atoms with Crippen LogP contribution in [0, 0.1) is 5.92 Å². The van der Waals surface area contributed by atoms with Crippen LogP contribution in [0.15, 0.2) is 5.16 Å². The van der Waals surface area contributed by atoms with Crippen LogP contribution in [0.4, 0.5) is 0 Å². The first-order valence-electron chi connectivity index (χ1n) is 5.22. The van der Waals surface area contributed by atoms with Gasteiger partial charge in [0, 0.05) is 5.92 Å². The molecule has 0 atom stereocenters. The predicted octanol–water partition coefficient (Wildman–Crippen LogP) is 3.24. The first-order chi connectivity index (χ1) is 6.08. The molecule has 0 amide bonds. The van der Waals surface area contributed by atoms with Crippen molar-refractivity contribution >= 4 is 6.21 Å². The lowest BCUT2D eigenvalue weighted by Crippen LogP contribution is -2.16. The quantitative estimate of drug-likeness (QED) is 0.474. The third-order valence-corrected chi connectivity index (χ3v) is 2.16. The van der Waals surface area contributed by atoms with Crippen LogP contribution in [-0.2, 0) is 4.84 Å². The Morgan fingerprint density at radius 3 is 2.31 bits per heavy atom. The largest absolute Gasteiger partial charge is 0.390 e. The molecule has 1 saturated carbocycles. The molecule has 2 nitrogen and oxygen atoms in total. The van der Waals surface area contributed by atoms with Gasteiger partial charge in [-0.2, -0.15) is 0 Å².